The Balaban J connectivity index is 2.26. The number of nitrogens with zero attached hydrogens (tertiary/aromatic N) is 1. The summed E-state index contributed by atoms with van der Waals surface area (Å²) in [4.78, 5) is 2.09. The van der Waals surface area contributed by atoms with Crippen molar-refractivity contribution < 1.29 is 4.39 Å². The highest BCUT2D eigenvalue weighted by Crippen LogP contribution is 2.26. The van der Waals surface area contributed by atoms with Crippen LogP contribution < -0.4 is 10.6 Å². The molecule has 0 amide bonds. The molecule has 0 saturated heterocycles. The van der Waals surface area contributed by atoms with Gasteiger partial charge in [0.2, 0.25) is 0 Å². The van der Waals surface area contributed by atoms with Gasteiger partial charge in [0.1, 0.15) is 5.82 Å². The molecule has 0 aromatic heterocycles. The van der Waals surface area contributed by atoms with Crippen molar-refractivity contribution in [3.63, 3.8) is 0 Å². The van der Waals surface area contributed by atoms with Gasteiger partial charge in [-0.3, -0.25) is 0 Å². The number of anilines is 2. The first-order chi connectivity index (χ1) is 9.11. The zero-order valence-electron chi connectivity index (χ0n) is 10.7. The van der Waals surface area contributed by atoms with E-state index < -0.39 is 0 Å². The molecule has 0 saturated carbocycles. The fraction of sp³-hybridized carbons (Fsp3) is 0.200. The molecule has 0 heterocycles. The molecular weight excluding hydrogens is 263 g/mol. The minimum absolute atomic E-state index is 0.239. The van der Waals surface area contributed by atoms with Gasteiger partial charge in [0, 0.05) is 35.1 Å². The lowest BCUT2D eigenvalue weighted by Gasteiger charge is -2.24. The topological polar surface area (TPSA) is 29.3 Å². The van der Waals surface area contributed by atoms with Crippen molar-refractivity contribution in [3.8, 4) is 0 Å². The lowest BCUT2D eigenvalue weighted by atomic mass is 10.1. The summed E-state index contributed by atoms with van der Waals surface area (Å²) in [5.74, 6) is -0.239. The van der Waals surface area contributed by atoms with Crippen molar-refractivity contribution >= 4 is 23.0 Å². The molecule has 0 atom stereocenters. The van der Waals surface area contributed by atoms with Gasteiger partial charge in [-0.1, -0.05) is 17.7 Å². The highest BCUT2D eigenvalue weighted by atomic mass is 35.5. The normalized spacial score (nSPS) is 10.5. The Bertz CT molecular complexity index is 534. The van der Waals surface area contributed by atoms with Gasteiger partial charge in [-0.2, -0.15) is 0 Å². The molecule has 0 fully saturated rings. The summed E-state index contributed by atoms with van der Waals surface area (Å²) < 4.78 is 12.9. The minimum Gasteiger partial charge on any atom is -0.398 e. The summed E-state index contributed by atoms with van der Waals surface area (Å²) >= 11 is 6.18. The van der Waals surface area contributed by atoms with Crippen LogP contribution in [0, 0.1) is 5.82 Å². The van der Waals surface area contributed by atoms with Crippen molar-refractivity contribution in [1.82, 2.24) is 0 Å². The summed E-state index contributed by atoms with van der Waals surface area (Å²) in [7, 11) is 0. The molecule has 0 spiro atoms. The molecule has 2 aromatic rings. The second kappa shape index (κ2) is 5.93. The van der Waals surface area contributed by atoms with Crippen LogP contribution >= 0.6 is 11.6 Å². The monoisotopic (exact) mass is 278 g/mol. The van der Waals surface area contributed by atoms with Crippen molar-refractivity contribution in [3.05, 3.63) is 58.9 Å². The van der Waals surface area contributed by atoms with Crippen LogP contribution in [-0.4, -0.2) is 6.54 Å². The molecule has 19 heavy (non-hydrogen) atoms. The molecule has 0 aliphatic rings. The predicted octanol–water partition coefficient (Wildman–Crippen LogP) is 4.09. The minimum atomic E-state index is -0.239. The SMILES string of the molecule is CCN(Cc1c(N)cccc1Cl)c1ccc(F)cc1. The van der Waals surface area contributed by atoms with Crippen LogP contribution in [0.2, 0.25) is 5.02 Å². The van der Waals surface area contributed by atoms with E-state index in [9.17, 15) is 4.39 Å². The van der Waals surface area contributed by atoms with E-state index in [0.29, 0.717) is 17.3 Å². The molecule has 2 rings (SSSR count). The van der Waals surface area contributed by atoms with Crippen molar-refractivity contribution in [2.75, 3.05) is 17.2 Å². The van der Waals surface area contributed by atoms with E-state index in [-0.39, 0.29) is 5.82 Å². The molecule has 0 bridgehead atoms. The number of rotatable bonds is 4. The van der Waals surface area contributed by atoms with Crippen molar-refractivity contribution in [2.45, 2.75) is 13.5 Å². The Morgan fingerprint density at radius 3 is 2.42 bits per heavy atom. The average molecular weight is 279 g/mol. The largest absolute Gasteiger partial charge is 0.398 e. The Morgan fingerprint density at radius 2 is 1.84 bits per heavy atom. The highest BCUT2D eigenvalue weighted by Gasteiger charge is 2.10. The quantitative estimate of drug-likeness (QED) is 0.854. The molecule has 0 unspecified atom stereocenters. The predicted molar refractivity (Wildman–Crippen MR) is 79.0 cm³/mol. The number of hydrogen-bond acceptors (Lipinski definition) is 2. The van der Waals surface area contributed by atoms with Gasteiger partial charge >= 0.3 is 0 Å². The van der Waals surface area contributed by atoms with E-state index in [4.69, 9.17) is 17.3 Å². The number of benzene rings is 2. The first kappa shape index (κ1) is 13.7. The second-order valence-electron chi connectivity index (χ2n) is 4.30. The van der Waals surface area contributed by atoms with Gasteiger partial charge in [0.15, 0.2) is 0 Å². The van der Waals surface area contributed by atoms with Gasteiger partial charge in [-0.15, -0.1) is 0 Å². The van der Waals surface area contributed by atoms with Crippen LogP contribution in [0.3, 0.4) is 0 Å². The van der Waals surface area contributed by atoms with E-state index in [1.165, 1.54) is 12.1 Å². The van der Waals surface area contributed by atoms with E-state index in [0.717, 1.165) is 17.8 Å². The summed E-state index contributed by atoms with van der Waals surface area (Å²) in [5, 5.41) is 0.653. The number of hydrogen-bond donors (Lipinski definition) is 1. The standard InChI is InChI=1S/C15H16ClFN2/c1-2-19(12-8-6-11(17)7-9-12)10-13-14(16)4-3-5-15(13)18/h3-9H,2,10,18H2,1H3. The smallest absolute Gasteiger partial charge is 0.123 e. The number of nitrogen functional groups attached to an aromatic ring is 1. The molecule has 2 aromatic carbocycles. The molecule has 100 valence electrons. The Kier molecular flexibility index (Phi) is 4.27. The lowest BCUT2D eigenvalue weighted by Crippen LogP contribution is -2.22. The highest BCUT2D eigenvalue weighted by molar-refractivity contribution is 6.31. The molecule has 0 aliphatic heterocycles. The maximum absolute atomic E-state index is 12.9. The Hall–Kier alpha value is -1.74. The van der Waals surface area contributed by atoms with Crippen LogP contribution in [0.4, 0.5) is 15.8 Å². The zero-order valence-corrected chi connectivity index (χ0v) is 11.5. The second-order valence-corrected chi connectivity index (χ2v) is 4.71. The van der Waals surface area contributed by atoms with Crippen LogP contribution in [0.5, 0.6) is 0 Å². The third-order valence-corrected chi connectivity index (χ3v) is 3.43. The maximum Gasteiger partial charge on any atom is 0.123 e. The molecule has 0 radical (unpaired) electrons. The van der Waals surface area contributed by atoms with E-state index in [2.05, 4.69) is 4.90 Å². The molecule has 2 N–H and O–H groups in total. The molecular formula is C15H16ClFN2. The number of halogens is 2. The molecule has 0 aliphatic carbocycles. The van der Waals surface area contributed by atoms with Crippen LogP contribution in [0.1, 0.15) is 12.5 Å². The van der Waals surface area contributed by atoms with Gasteiger partial charge < -0.3 is 10.6 Å². The summed E-state index contributed by atoms with van der Waals surface area (Å²) in [5.41, 5.74) is 8.48. The van der Waals surface area contributed by atoms with Gasteiger partial charge in [-0.05, 0) is 43.3 Å². The fourth-order valence-corrected chi connectivity index (χ4v) is 2.21. The fourth-order valence-electron chi connectivity index (χ4n) is 1.97. The summed E-state index contributed by atoms with van der Waals surface area (Å²) in [6.07, 6.45) is 0. The van der Waals surface area contributed by atoms with E-state index in [1.54, 1.807) is 12.1 Å². The average Bonchev–Trinajstić information content (AvgIpc) is 2.40. The van der Waals surface area contributed by atoms with Crippen molar-refractivity contribution in [2.24, 2.45) is 0 Å². The maximum atomic E-state index is 12.9. The van der Waals surface area contributed by atoms with E-state index in [1.807, 2.05) is 25.1 Å². The van der Waals surface area contributed by atoms with E-state index >= 15 is 0 Å². The third kappa shape index (κ3) is 3.18. The van der Waals surface area contributed by atoms with Gasteiger partial charge in [0.25, 0.3) is 0 Å². The first-order valence-electron chi connectivity index (χ1n) is 6.15. The number of nitrogens with two attached hydrogens (primary N) is 1. The third-order valence-electron chi connectivity index (χ3n) is 3.08. The van der Waals surface area contributed by atoms with Crippen LogP contribution in [-0.2, 0) is 6.54 Å². The Morgan fingerprint density at radius 1 is 1.16 bits per heavy atom. The van der Waals surface area contributed by atoms with Gasteiger partial charge in [0.05, 0.1) is 0 Å². The molecule has 2 nitrogen and oxygen atoms in total. The Labute approximate surface area is 117 Å². The zero-order chi connectivity index (χ0) is 13.8. The lowest BCUT2D eigenvalue weighted by molar-refractivity contribution is 0.627. The van der Waals surface area contributed by atoms with Gasteiger partial charge in [-0.25, -0.2) is 4.39 Å². The van der Waals surface area contributed by atoms with Crippen LogP contribution in [0.15, 0.2) is 42.5 Å². The first-order valence-corrected chi connectivity index (χ1v) is 6.53. The molecule has 4 heteroatoms. The van der Waals surface area contributed by atoms with Crippen LogP contribution in [0.25, 0.3) is 0 Å². The summed E-state index contributed by atoms with van der Waals surface area (Å²) in [6, 6.07) is 11.9. The summed E-state index contributed by atoms with van der Waals surface area (Å²) in [6.45, 7) is 3.43. The van der Waals surface area contributed by atoms with Crippen molar-refractivity contribution in [1.29, 1.82) is 0 Å².